The number of esters is 1. The van der Waals surface area contributed by atoms with E-state index in [0.29, 0.717) is 32.2 Å². The number of hydrogen-bond acceptors (Lipinski definition) is 13. The van der Waals surface area contributed by atoms with Crippen LogP contribution in [-0.4, -0.2) is 75.6 Å². The van der Waals surface area contributed by atoms with Crippen molar-refractivity contribution in [1.29, 1.82) is 5.26 Å². The number of aryl methyl sites for hydroxylation is 1. The SMILES string of the molecule is CCCCCCCC(=O)Oc1c(Br)cc(C#N)cc1Br.CCOC(=O)OC(C)Oc1c(C(=O)c2ccc(S(C)(=O)=O)c(OCCOC)c2C)cnn1C. The number of sulfone groups is 1. The van der Waals surface area contributed by atoms with Crippen molar-refractivity contribution in [2.45, 2.75) is 77.4 Å². The van der Waals surface area contributed by atoms with Crippen LogP contribution in [0.1, 0.15) is 86.3 Å². The van der Waals surface area contributed by atoms with Gasteiger partial charge in [0, 0.05) is 44.9 Å². The lowest BCUT2D eigenvalue weighted by molar-refractivity contribution is -0.134. The lowest BCUT2D eigenvalue weighted by Gasteiger charge is -2.17. The summed E-state index contributed by atoms with van der Waals surface area (Å²) in [6.45, 7) is 7.32. The average Bonchev–Trinajstić information content (AvgIpc) is 3.45. The Labute approximate surface area is 327 Å². The summed E-state index contributed by atoms with van der Waals surface area (Å²) in [5.41, 5.74) is 1.13. The molecule has 17 heteroatoms. The monoisotopic (exact) mass is 885 g/mol. The highest BCUT2D eigenvalue weighted by atomic mass is 79.9. The maximum Gasteiger partial charge on any atom is 0.511 e. The molecule has 0 bridgehead atoms. The number of rotatable bonds is 18. The molecule has 0 fully saturated rings. The molecule has 3 aromatic rings. The minimum atomic E-state index is -3.62. The first kappa shape index (κ1) is 45.2. The van der Waals surface area contributed by atoms with E-state index in [0.717, 1.165) is 25.5 Å². The third-order valence-corrected chi connectivity index (χ3v) is 9.60. The fourth-order valence-electron chi connectivity index (χ4n) is 4.71. The molecule has 0 N–H and O–H groups in total. The van der Waals surface area contributed by atoms with Crippen LogP contribution in [0.5, 0.6) is 17.4 Å². The van der Waals surface area contributed by atoms with Crippen molar-refractivity contribution < 1.29 is 51.2 Å². The molecule has 0 saturated carbocycles. The molecule has 2 aromatic carbocycles. The molecule has 0 saturated heterocycles. The number of carbonyl (C=O) groups excluding carboxylic acids is 3. The van der Waals surface area contributed by atoms with Gasteiger partial charge in [-0.2, -0.15) is 10.4 Å². The molecule has 1 heterocycles. The molecule has 0 aliphatic rings. The molecule has 53 heavy (non-hydrogen) atoms. The van der Waals surface area contributed by atoms with Gasteiger partial charge in [0.05, 0.1) is 40.0 Å². The maximum atomic E-state index is 13.4. The second-order valence-electron chi connectivity index (χ2n) is 11.5. The number of unbranched alkanes of at least 4 members (excludes halogenated alkanes) is 4. The summed E-state index contributed by atoms with van der Waals surface area (Å²) in [6.07, 6.45) is 6.28. The summed E-state index contributed by atoms with van der Waals surface area (Å²) in [4.78, 5) is 36.6. The maximum absolute atomic E-state index is 13.4. The second kappa shape index (κ2) is 22.3. The Kier molecular flexibility index (Phi) is 19.0. The fourth-order valence-corrected chi connectivity index (χ4v) is 6.92. The standard InChI is InChI=1S/C21H28N2O9S.C15H17Br2NO2/c1-7-29-21(25)32-14(3)31-20-16(12-22-23(20)4)18(24)15-8-9-17(33(6,26)27)19(13(15)2)30-11-10-28-5;1-2-3-4-5-6-7-14(19)20-15-12(16)8-11(10-18)9-13(15)17/h8-9,12,14H,7,10-11H2,1-6H3;8-9H,2-7H2,1H3. The van der Waals surface area contributed by atoms with E-state index in [1.807, 2.05) is 6.07 Å². The van der Waals surface area contributed by atoms with Crippen LogP contribution in [0, 0.1) is 18.3 Å². The van der Waals surface area contributed by atoms with E-state index in [1.54, 1.807) is 33.0 Å². The van der Waals surface area contributed by atoms with E-state index in [9.17, 15) is 22.8 Å². The third-order valence-electron chi connectivity index (χ3n) is 7.31. The third kappa shape index (κ3) is 14.1. The number of nitriles is 1. The Hall–Kier alpha value is -3.98. The zero-order valence-corrected chi connectivity index (χ0v) is 34.8. The topological polar surface area (TPSA) is 182 Å². The molecule has 1 atom stereocenters. The molecule has 3 rings (SSSR count). The first-order chi connectivity index (χ1) is 25.1. The van der Waals surface area contributed by atoms with Crippen LogP contribution < -0.4 is 14.2 Å². The number of nitrogens with zero attached hydrogens (tertiary/aromatic N) is 3. The number of hydrogen-bond donors (Lipinski definition) is 0. The Morgan fingerprint density at radius 3 is 2.25 bits per heavy atom. The van der Waals surface area contributed by atoms with Gasteiger partial charge in [0.2, 0.25) is 12.2 Å². The van der Waals surface area contributed by atoms with Gasteiger partial charge >= 0.3 is 12.1 Å². The van der Waals surface area contributed by atoms with Crippen molar-refractivity contribution in [3.63, 3.8) is 0 Å². The molecule has 0 amide bonds. The van der Waals surface area contributed by atoms with Crippen molar-refractivity contribution in [3.8, 4) is 23.4 Å². The zero-order valence-electron chi connectivity index (χ0n) is 30.8. The predicted molar refractivity (Wildman–Crippen MR) is 202 cm³/mol. The molecule has 0 aliphatic heterocycles. The Balaban J connectivity index is 0.000000415. The second-order valence-corrected chi connectivity index (χ2v) is 15.2. The quantitative estimate of drug-likeness (QED) is 0.0400. The highest BCUT2D eigenvalue weighted by Gasteiger charge is 2.27. The van der Waals surface area contributed by atoms with Crippen molar-refractivity contribution >= 4 is 59.6 Å². The first-order valence-electron chi connectivity index (χ1n) is 16.7. The minimum absolute atomic E-state index is 0.0354. The lowest BCUT2D eigenvalue weighted by atomic mass is 10.00. The summed E-state index contributed by atoms with van der Waals surface area (Å²) >= 11 is 6.62. The van der Waals surface area contributed by atoms with Crippen LogP contribution in [0.15, 0.2) is 44.3 Å². The normalized spacial score (nSPS) is 11.4. The molecule has 0 aliphatic carbocycles. The van der Waals surface area contributed by atoms with Crippen LogP contribution in [0.4, 0.5) is 4.79 Å². The van der Waals surface area contributed by atoms with E-state index in [4.69, 9.17) is 33.7 Å². The van der Waals surface area contributed by atoms with Gasteiger partial charge in [0.15, 0.2) is 21.4 Å². The van der Waals surface area contributed by atoms with Gasteiger partial charge in [-0.3, -0.25) is 9.59 Å². The largest absolute Gasteiger partial charge is 0.511 e. The van der Waals surface area contributed by atoms with Gasteiger partial charge in [0.1, 0.15) is 22.8 Å². The summed E-state index contributed by atoms with van der Waals surface area (Å²) in [6, 6.07) is 8.04. The number of aromatic nitrogens is 2. The van der Waals surface area contributed by atoms with E-state index in [1.165, 1.54) is 49.9 Å². The van der Waals surface area contributed by atoms with Gasteiger partial charge < -0.3 is 28.4 Å². The molecular weight excluding hydrogens is 842 g/mol. The Morgan fingerprint density at radius 1 is 1.00 bits per heavy atom. The summed E-state index contributed by atoms with van der Waals surface area (Å²) in [7, 11) is -0.567. The smallest absolute Gasteiger partial charge is 0.490 e. The number of ether oxygens (including phenoxy) is 6. The van der Waals surface area contributed by atoms with Gasteiger partial charge in [-0.05, 0) is 76.4 Å². The molecular formula is C36H45Br2N3O11S. The minimum Gasteiger partial charge on any atom is -0.490 e. The van der Waals surface area contributed by atoms with E-state index >= 15 is 0 Å². The molecule has 1 aromatic heterocycles. The van der Waals surface area contributed by atoms with Crippen LogP contribution >= 0.6 is 31.9 Å². The number of carbonyl (C=O) groups is 3. The first-order valence-corrected chi connectivity index (χ1v) is 20.2. The van der Waals surface area contributed by atoms with E-state index in [2.05, 4.69) is 43.9 Å². The molecule has 0 radical (unpaired) electrons. The number of ketones is 1. The Morgan fingerprint density at radius 2 is 1.66 bits per heavy atom. The fraction of sp³-hybridized carbons (Fsp3) is 0.472. The van der Waals surface area contributed by atoms with Gasteiger partial charge in [0.25, 0.3) is 0 Å². The molecule has 290 valence electrons. The van der Waals surface area contributed by atoms with Crippen molar-refractivity contribution in [2.75, 3.05) is 33.2 Å². The van der Waals surface area contributed by atoms with Crippen molar-refractivity contribution in [3.05, 3.63) is 61.7 Å². The summed E-state index contributed by atoms with van der Waals surface area (Å²) in [5, 5.41) is 12.9. The highest BCUT2D eigenvalue weighted by molar-refractivity contribution is 9.11. The Bertz CT molecular complexity index is 1850. The van der Waals surface area contributed by atoms with E-state index in [-0.39, 0.29) is 53.4 Å². The van der Waals surface area contributed by atoms with Crippen LogP contribution in [0.3, 0.4) is 0 Å². The lowest BCUT2D eigenvalue weighted by Crippen LogP contribution is -2.23. The van der Waals surface area contributed by atoms with Crippen LogP contribution in [0.2, 0.25) is 0 Å². The van der Waals surface area contributed by atoms with Gasteiger partial charge in [-0.25, -0.2) is 17.9 Å². The molecule has 1 unspecified atom stereocenters. The molecule has 14 nitrogen and oxygen atoms in total. The number of benzene rings is 2. The highest BCUT2D eigenvalue weighted by Crippen LogP contribution is 2.35. The van der Waals surface area contributed by atoms with Crippen molar-refractivity contribution in [2.24, 2.45) is 7.05 Å². The van der Waals surface area contributed by atoms with Gasteiger partial charge in [-0.1, -0.05) is 32.6 Å². The number of methoxy groups -OCH3 is 1. The number of halogens is 2. The van der Waals surface area contributed by atoms with Crippen LogP contribution in [-0.2, 0) is 35.9 Å². The zero-order chi connectivity index (χ0) is 39.7. The predicted octanol–water partition coefficient (Wildman–Crippen LogP) is 7.64. The van der Waals surface area contributed by atoms with Gasteiger partial charge in [-0.15, -0.1) is 0 Å². The van der Waals surface area contributed by atoms with Crippen molar-refractivity contribution in [1.82, 2.24) is 9.78 Å². The summed E-state index contributed by atoms with van der Waals surface area (Å²) < 4.78 is 58.2. The molecule has 0 spiro atoms. The average molecular weight is 888 g/mol. The summed E-state index contributed by atoms with van der Waals surface area (Å²) in [5.74, 6) is -0.151. The van der Waals surface area contributed by atoms with Crippen LogP contribution in [0.25, 0.3) is 0 Å². The van der Waals surface area contributed by atoms with E-state index < -0.39 is 28.1 Å².